The first-order chi connectivity index (χ1) is 13.3. The number of hydrogen-bond donors (Lipinski definition) is 1. The summed E-state index contributed by atoms with van der Waals surface area (Å²) < 4.78 is 7.05. The van der Waals surface area contributed by atoms with Crippen LogP contribution >= 0.6 is 0 Å². The minimum Gasteiger partial charge on any atom is -0.481 e. The van der Waals surface area contributed by atoms with Gasteiger partial charge < -0.3 is 10.1 Å². The molecule has 0 unspecified atom stereocenters. The van der Waals surface area contributed by atoms with Crippen LogP contribution in [0.2, 0.25) is 0 Å². The number of hydrogen-bond acceptors (Lipinski definition) is 5. The number of ether oxygens (including phenoxy) is 1. The van der Waals surface area contributed by atoms with Gasteiger partial charge in [0, 0.05) is 36.1 Å². The molecule has 0 bridgehead atoms. The summed E-state index contributed by atoms with van der Waals surface area (Å²) >= 11 is 0. The smallest absolute Gasteiger partial charge is 0.226 e. The molecule has 0 atom stereocenters. The van der Waals surface area contributed by atoms with Gasteiger partial charge >= 0.3 is 0 Å². The molecule has 0 saturated heterocycles. The van der Waals surface area contributed by atoms with Crippen LogP contribution in [0, 0.1) is 0 Å². The van der Waals surface area contributed by atoms with E-state index in [4.69, 9.17) is 9.84 Å². The van der Waals surface area contributed by atoms with Gasteiger partial charge in [-0.25, -0.2) is 9.67 Å². The van der Waals surface area contributed by atoms with Gasteiger partial charge in [0.2, 0.25) is 11.8 Å². The van der Waals surface area contributed by atoms with Crippen LogP contribution in [0.25, 0.3) is 16.9 Å². The van der Waals surface area contributed by atoms with Crippen molar-refractivity contribution < 1.29 is 4.74 Å². The van der Waals surface area contributed by atoms with E-state index in [-0.39, 0.29) is 0 Å². The van der Waals surface area contributed by atoms with Crippen LogP contribution in [0.5, 0.6) is 5.88 Å². The lowest BCUT2D eigenvalue weighted by molar-refractivity contribution is 0.397. The summed E-state index contributed by atoms with van der Waals surface area (Å²) in [5.74, 6) is 1.04. The second-order valence-electron chi connectivity index (χ2n) is 5.93. The first-order valence-corrected chi connectivity index (χ1v) is 8.64. The SMILES string of the molecule is COc1ccnc(NCc2cn(-c3ccccc3)nc2-c2ccccc2)n1. The molecule has 134 valence electrons. The normalized spacial score (nSPS) is 10.6. The Morgan fingerprint density at radius 1 is 0.963 bits per heavy atom. The Balaban J connectivity index is 1.66. The standard InChI is InChI=1S/C21H19N5O/c1-27-19-12-13-22-21(24-19)23-14-17-15-26(18-10-6-3-7-11-18)25-20(17)16-8-4-2-5-9-16/h2-13,15H,14H2,1H3,(H,22,23,24). The largest absolute Gasteiger partial charge is 0.481 e. The molecule has 0 aliphatic heterocycles. The number of benzene rings is 2. The molecule has 4 rings (SSSR count). The fraction of sp³-hybridized carbons (Fsp3) is 0.0952. The van der Waals surface area contributed by atoms with Gasteiger partial charge in [-0.05, 0) is 12.1 Å². The number of methoxy groups -OCH3 is 1. The summed E-state index contributed by atoms with van der Waals surface area (Å²) in [6.45, 7) is 0.546. The highest BCUT2D eigenvalue weighted by molar-refractivity contribution is 5.63. The lowest BCUT2D eigenvalue weighted by Crippen LogP contribution is -2.04. The molecule has 0 fully saturated rings. The predicted molar refractivity (Wildman–Crippen MR) is 105 cm³/mol. The van der Waals surface area contributed by atoms with Crippen LogP contribution in [0.15, 0.2) is 79.1 Å². The maximum Gasteiger partial charge on any atom is 0.226 e. The van der Waals surface area contributed by atoms with E-state index in [0.29, 0.717) is 18.4 Å². The highest BCUT2D eigenvalue weighted by Gasteiger charge is 2.12. The average molecular weight is 357 g/mol. The van der Waals surface area contributed by atoms with Gasteiger partial charge in [-0.3, -0.25) is 0 Å². The molecule has 0 amide bonds. The van der Waals surface area contributed by atoms with Crippen molar-refractivity contribution in [2.75, 3.05) is 12.4 Å². The minimum absolute atomic E-state index is 0.515. The van der Waals surface area contributed by atoms with E-state index < -0.39 is 0 Å². The van der Waals surface area contributed by atoms with Crippen LogP contribution in [0.1, 0.15) is 5.56 Å². The van der Waals surface area contributed by atoms with Crippen LogP contribution < -0.4 is 10.1 Å². The van der Waals surface area contributed by atoms with E-state index in [1.807, 2.05) is 59.4 Å². The van der Waals surface area contributed by atoms with E-state index in [2.05, 4.69) is 27.4 Å². The number of anilines is 1. The van der Waals surface area contributed by atoms with Crippen LogP contribution in [-0.4, -0.2) is 26.9 Å². The maximum atomic E-state index is 5.15. The highest BCUT2D eigenvalue weighted by atomic mass is 16.5. The van der Waals surface area contributed by atoms with Crippen LogP contribution in [0.3, 0.4) is 0 Å². The fourth-order valence-electron chi connectivity index (χ4n) is 2.81. The average Bonchev–Trinajstić information content (AvgIpc) is 3.18. The summed E-state index contributed by atoms with van der Waals surface area (Å²) in [6.07, 6.45) is 3.70. The number of nitrogens with zero attached hydrogens (tertiary/aromatic N) is 4. The van der Waals surface area contributed by atoms with Crippen molar-refractivity contribution >= 4 is 5.95 Å². The Morgan fingerprint density at radius 3 is 2.44 bits per heavy atom. The van der Waals surface area contributed by atoms with Gasteiger partial charge in [0.05, 0.1) is 18.5 Å². The van der Waals surface area contributed by atoms with Crippen molar-refractivity contribution in [2.24, 2.45) is 0 Å². The minimum atomic E-state index is 0.515. The van der Waals surface area contributed by atoms with Gasteiger partial charge in [0.1, 0.15) is 0 Å². The lowest BCUT2D eigenvalue weighted by Gasteiger charge is -2.06. The molecule has 1 N–H and O–H groups in total. The second-order valence-corrected chi connectivity index (χ2v) is 5.93. The summed E-state index contributed by atoms with van der Waals surface area (Å²) in [4.78, 5) is 8.54. The van der Waals surface area contributed by atoms with Crippen molar-refractivity contribution in [1.82, 2.24) is 19.7 Å². The molecule has 6 heteroatoms. The van der Waals surface area contributed by atoms with E-state index in [9.17, 15) is 0 Å². The maximum absolute atomic E-state index is 5.15. The molecule has 0 aliphatic rings. The topological polar surface area (TPSA) is 64.9 Å². The molecule has 0 saturated carbocycles. The number of para-hydroxylation sites is 1. The van der Waals surface area contributed by atoms with E-state index in [1.165, 1.54) is 0 Å². The quantitative estimate of drug-likeness (QED) is 0.566. The van der Waals surface area contributed by atoms with Crippen molar-refractivity contribution in [3.05, 3.63) is 84.7 Å². The Labute approximate surface area is 157 Å². The molecule has 0 aliphatic carbocycles. The van der Waals surface area contributed by atoms with Gasteiger partial charge in [0.25, 0.3) is 0 Å². The molecule has 2 aromatic carbocycles. The van der Waals surface area contributed by atoms with E-state index >= 15 is 0 Å². The summed E-state index contributed by atoms with van der Waals surface area (Å²) in [6, 6.07) is 21.9. The third kappa shape index (κ3) is 3.79. The highest BCUT2D eigenvalue weighted by Crippen LogP contribution is 2.24. The van der Waals surface area contributed by atoms with Gasteiger partial charge in [-0.15, -0.1) is 0 Å². The van der Waals surface area contributed by atoms with E-state index in [0.717, 1.165) is 22.5 Å². The van der Waals surface area contributed by atoms with Crippen LogP contribution in [0.4, 0.5) is 5.95 Å². The predicted octanol–water partition coefficient (Wildman–Crippen LogP) is 3.95. The zero-order valence-corrected chi connectivity index (χ0v) is 14.9. The number of nitrogens with one attached hydrogen (secondary N) is 1. The molecule has 27 heavy (non-hydrogen) atoms. The molecule has 0 spiro atoms. The van der Waals surface area contributed by atoms with Crippen molar-refractivity contribution in [1.29, 1.82) is 0 Å². The van der Waals surface area contributed by atoms with Crippen LogP contribution in [-0.2, 0) is 6.54 Å². The summed E-state index contributed by atoms with van der Waals surface area (Å²) in [5.41, 5.74) is 4.06. The molecular formula is C21H19N5O. The monoisotopic (exact) mass is 357 g/mol. The number of aromatic nitrogens is 4. The Bertz CT molecular complexity index is 1020. The van der Waals surface area contributed by atoms with Crippen molar-refractivity contribution in [2.45, 2.75) is 6.54 Å². The fourth-order valence-corrected chi connectivity index (χ4v) is 2.81. The van der Waals surface area contributed by atoms with Gasteiger partial charge in [0.15, 0.2) is 0 Å². The number of rotatable bonds is 6. The molecule has 2 heterocycles. The first-order valence-electron chi connectivity index (χ1n) is 8.64. The molecule has 4 aromatic rings. The Kier molecular flexibility index (Phi) is 4.78. The lowest BCUT2D eigenvalue weighted by atomic mass is 10.1. The molecule has 2 aromatic heterocycles. The van der Waals surface area contributed by atoms with Gasteiger partial charge in [-0.1, -0.05) is 48.5 Å². The first kappa shape index (κ1) is 16.8. The van der Waals surface area contributed by atoms with Gasteiger partial charge in [-0.2, -0.15) is 10.1 Å². The molecular weight excluding hydrogens is 338 g/mol. The summed E-state index contributed by atoms with van der Waals surface area (Å²) in [5, 5.41) is 8.06. The van der Waals surface area contributed by atoms with E-state index in [1.54, 1.807) is 19.4 Å². The zero-order valence-electron chi connectivity index (χ0n) is 14.9. The second kappa shape index (κ2) is 7.70. The molecule has 0 radical (unpaired) electrons. The van der Waals surface area contributed by atoms with Crippen molar-refractivity contribution in [3.8, 4) is 22.8 Å². The van der Waals surface area contributed by atoms with Crippen molar-refractivity contribution in [3.63, 3.8) is 0 Å². The zero-order chi connectivity index (χ0) is 18.5. The molecule has 6 nitrogen and oxygen atoms in total. The third-order valence-corrected chi connectivity index (χ3v) is 4.13. The third-order valence-electron chi connectivity index (χ3n) is 4.13. The summed E-state index contributed by atoms with van der Waals surface area (Å²) in [7, 11) is 1.59. The Hall–Kier alpha value is -3.67. The Morgan fingerprint density at radius 2 is 1.70 bits per heavy atom.